The summed E-state index contributed by atoms with van der Waals surface area (Å²) in [5.74, 6) is 0.830. The summed E-state index contributed by atoms with van der Waals surface area (Å²) in [5, 5.41) is 7.17. The maximum atomic E-state index is 5.44. The summed E-state index contributed by atoms with van der Waals surface area (Å²) in [5.41, 5.74) is 3.49. The second-order valence-electron chi connectivity index (χ2n) is 6.69. The van der Waals surface area contributed by atoms with Gasteiger partial charge in [-0.3, -0.25) is 0 Å². The van der Waals surface area contributed by atoms with Crippen molar-refractivity contribution < 1.29 is 4.74 Å². The van der Waals surface area contributed by atoms with Crippen molar-refractivity contribution in [3.05, 3.63) is 54.1 Å². The molecule has 1 aliphatic heterocycles. The Bertz CT molecular complexity index is 709. The highest BCUT2D eigenvalue weighted by Gasteiger charge is 2.12. The van der Waals surface area contributed by atoms with Crippen molar-refractivity contribution in [2.75, 3.05) is 30.4 Å². The van der Waals surface area contributed by atoms with E-state index in [-0.39, 0.29) is 6.04 Å². The number of nitrogens with one attached hydrogen (secondary N) is 2. The van der Waals surface area contributed by atoms with Gasteiger partial charge in [-0.05, 0) is 80.4 Å². The quantitative estimate of drug-likeness (QED) is 0.745. The highest BCUT2D eigenvalue weighted by molar-refractivity contribution is 7.80. The number of nitrogens with zero attached hydrogens (tertiary/aromatic N) is 1. The molecule has 3 rings (SSSR count). The molecule has 4 nitrogen and oxygen atoms in total. The van der Waals surface area contributed by atoms with Gasteiger partial charge in [0.05, 0.1) is 13.2 Å². The van der Waals surface area contributed by atoms with Gasteiger partial charge in [0.1, 0.15) is 5.75 Å². The molecule has 5 heteroatoms. The molecule has 26 heavy (non-hydrogen) atoms. The molecule has 138 valence electrons. The molecule has 0 aliphatic carbocycles. The van der Waals surface area contributed by atoms with Gasteiger partial charge in [0.15, 0.2) is 5.11 Å². The summed E-state index contributed by atoms with van der Waals surface area (Å²) in [6.45, 7) is 4.46. The lowest BCUT2D eigenvalue weighted by molar-refractivity contribution is 0.415. The Morgan fingerprint density at radius 2 is 1.65 bits per heavy atom. The van der Waals surface area contributed by atoms with Crippen LogP contribution in [0.15, 0.2) is 48.5 Å². The lowest BCUT2D eigenvalue weighted by atomic mass is 10.1. The molecule has 0 radical (unpaired) electrons. The number of methoxy groups -OCH3 is 1. The van der Waals surface area contributed by atoms with Crippen LogP contribution in [-0.4, -0.2) is 25.3 Å². The third kappa shape index (κ3) is 4.88. The normalized spacial score (nSPS) is 15.2. The first kappa shape index (κ1) is 18.5. The molecule has 1 fully saturated rings. The zero-order chi connectivity index (χ0) is 18.4. The summed E-state index contributed by atoms with van der Waals surface area (Å²) >= 11 is 5.44. The lowest BCUT2D eigenvalue weighted by Crippen LogP contribution is -2.31. The second kappa shape index (κ2) is 8.90. The summed E-state index contributed by atoms with van der Waals surface area (Å²) < 4.78 is 5.17. The van der Waals surface area contributed by atoms with Gasteiger partial charge in [0.2, 0.25) is 0 Å². The number of hydrogen-bond acceptors (Lipinski definition) is 3. The number of rotatable bonds is 5. The van der Waals surface area contributed by atoms with E-state index < -0.39 is 0 Å². The van der Waals surface area contributed by atoms with Crippen LogP contribution in [0, 0.1) is 0 Å². The van der Waals surface area contributed by atoms with E-state index in [9.17, 15) is 0 Å². The average Bonchev–Trinajstić information content (AvgIpc) is 2.69. The smallest absolute Gasteiger partial charge is 0.171 e. The fourth-order valence-electron chi connectivity index (χ4n) is 3.25. The van der Waals surface area contributed by atoms with E-state index in [2.05, 4.69) is 46.7 Å². The summed E-state index contributed by atoms with van der Waals surface area (Å²) in [6, 6.07) is 16.7. The van der Waals surface area contributed by atoms with Crippen molar-refractivity contribution >= 4 is 28.7 Å². The predicted molar refractivity (Wildman–Crippen MR) is 113 cm³/mol. The molecule has 1 heterocycles. The van der Waals surface area contributed by atoms with Gasteiger partial charge >= 0.3 is 0 Å². The van der Waals surface area contributed by atoms with Gasteiger partial charge in [-0.15, -0.1) is 0 Å². The molecule has 1 atom stereocenters. The predicted octanol–water partition coefficient (Wildman–Crippen LogP) is 4.73. The van der Waals surface area contributed by atoms with Gasteiger partial charge in [-0.1, -0.05) is 12.1 Å². The maximum absolute atomic E-state index is 5.44. The fourth-order valence-corrected chi connectivity index (χ4v) is 3.54. The van der Waals surface area contributed by atoms with E-state index in [0.717, 1.165) is 11.4 Å². The third-order valence-electron chi connectivity index (χ3n) is 4.81. The Morgan fingerprint density at radius 1 is 1.00 bits per heavy atom. The van der Waals surface area contributed by atoms with Crippen LogP contribution >= 0.6 is 12.2 Å². The van der Waals surface area contributed by atoms with Crippen LogP contribution in [0.25, 0.3) is 0 Å². The lowest BCUT2D eigenvalue weighted by Gasteiger charge is -2.29. The Hall–Kier alpha value is -2.27. The Balaban J connectivity index is 1.54. The molecule has 1 aliphatic rings. The SMILES string of the molecule is COc1ccc(NC(=S)N[C@H](C)c2ccc(N3CCCCC3)cc2)cc1. The first-order valence-electron chi connectivity index (χ1n) is 9.22. The van der Waals surface area contributed by atoms with Crippen LogP contribution in [0.2, 0.25) is 0 Å². The minimum Gasteiger partial charge on any atom is -0.497 e. The monoisotopic (exact) mass is 369 g/mol. The van der Waals surface area contributed by atoms with Crippen LogP contribution in [0.3, 0.4) is 0 Å². The van der Waals surface area contributed by atoms with Crippen molar-refractivity contribution in [3.63, 3.8) is 0 Å². The van der Waals surface area contributed by atoms with Crippen LogP contribution in [0.4, 0.5) is 11.4 Å². The van der Waals surface area contributed by atoms with Gasteiger partial charge in [-0.2, -0.15) is 0 Å². The number of hydrogen-bond donors (Lipinski definition) is 2. The molecule has 0 aromatic heterocycles. The largest absolute Gasteiger partial charge is 0.497 e. The molecule has 0 unspecified atom stereocenters. The van der Waals surface area contributed by atoms with E-state index in [1.807, 2.05) is 24.3 Å². The number of thiocarbonyl (C=S) groups is 1. The zero-order valence-electron chi connectivity index (χ0n) is 15.5. The van der Waals surface area contributed by atoms with E-state index in [0.29, 0.717) is 5.11 Å². The third-order valence-corrected chi connectivity index (χ3v) is 5.03. The summed E-state index contributed by atoms with van der Waals surface area (Å²) in [6.07, 6.45) is 3.95. The van der Waals surface area contributed by atoms with Crippen LogP contribution in [0.5, 0.6) is 5.75 Å². The minimum atomic E-state index is 0.142. The minimum absolute atomic E-state index is 0.142. The topological polar surface area (TPSA) is 36.5 Å². The molecule has 1 saturated heterocycles. The molecule has 0 spiro atoms. The molecule has 2 aromatic rings. The highest BCUT2D eigenvalue weighted by Crippen LogP contribution is 2.22. The molecule has 0 bridgehead atoms. The summed E-state index contributed by atoms with van der Waals surface area (Å²) in [4.78, 5) is 2.47. The van der Waals surface area contributed by atoms with Gasteiger partial charge < -0.3 is 20.3 Å². The van der Waals surface area contributed by atoms with Crippen molar-refractivity contribution in [2.24, 2.45) is 0 Å². The first-order chi connectivity index (χ1) is 12.7. The number of benzene rings is 2. The molecular formula is C21H27N3OS. The molecule has 2 N–H and O–H groups in total. The van der Waals surface area contributed by atoms with Crippen LogP contribution < -0.4 is 20.3 Å². The van der Waals surface area contributed by atoms with Crippen LogP contribution in [-0.2, 0) is 0 Å². The average molecular weight is 370 g/mol. The van der Waals surface area contributed by atoms with E-state index >= 15 is 0 Å². The van der Waals surface area contributed by atoms with E-state index in [1.165, 1.54) is 43.6 Å². The van der Waals surface area contributed by atoms with Crippen molar-refractivity contribution in [1.82, 2.24) is 5.32 Å². The van der Waals surface area contributed by atoms with E-state index in [4.69, 9.17) is 17.0 Å². The summed E-state index contributed by atoms with van der Waals surface area (Å²) in [7, 11) is 1.66. The van der Waals surface area contributed by atoms with Crippen molar-refractivity contribution in [1.29, 1.82) is 0 Å². The zero-order valence-corrected chi connectivity index (χ0v) is 16.3. The van der Waals surface area contributed by atoms with Crippen molar-refractivity contribution in [2.45, 2.75) is 32.2 Å². The molecule has 0 saturated carbocycles. The molecular weight excluding hydrogens is 342 g/mol. The molecule has 2 aromatic carbocycles. The standard InChI is InChI=1S/C21H27N3OS/c1-16(22-21(26)23-18-8-12-20(25-2)13-9-18)17-6-10-19(11-7-17)24-14-4-3-5-15-24/h6-13,16H,3-5,14-15H2,1-2H3,(H2,22,23,26)/t16-/m1/s1. The Kier molecular flexibility index (Phi) is 6.34. The van der Waals surface area contributed by atoms with Gasteiger partial charge in [0, 0.05) is 24.5 Å². The highest BCUT2D eigenvalue weighted by atomic mass is 32.1. The number of piperidine rings is 1. The Labute approximate surface area is 161 Å². The Morgan fingerprint density at radius 3 is 2.27 bits per heavy atom. The number of anilines is 2. The molecule has 0 amide bonds. The van der Waals surface area contributed by atoms with E-state index in [1.54, 1.807) is 7.11 Å². The van der Waals surface area contributed by atoms with Gasteiger partial charge in [0.25, 0.3) is 0 Å². The second-order valence-corrected chi connectivity index (χ2v) is 7.10. The van der Waals surface area contributed by atoms with Crippen molar-refractivity contribution in [3.8, 4) is 5.75 Å². The first-order valence-corrected chi connectivity index (χ1v) is 9.63. The van der Waals surface area contributed by atoms with Crippen LogP contribution in [0.1, 0.15) is 37.8 Å². The maximum Gasteiger partial charge on any atom is 0.171 e. The van der Waals surface area contributed by atoms with Gasteiger partial charge in [-0.25, -0.2) is 0 Å². The number of ether oxygens (including phenoxy) is 1. The fraction of sp³-hybridized carbons (Fsp3) is 0.381.